The molecule has 0 aliphatic heterocycles. The van der Waals surface area contributed by atoms with Crippen molar-refractivity contribution >= 4 is 25.8 Å². The van der Waals surface area contributed by atoms with E-state index in [0.29, 0.717) is 0 Å². The van der Waals surface area contributed by atoms with Crippen molar-refractivity contribution in [3.63, 3.8) is 0 Å². The van der Waals surface area contributed by atoms with Gasteiger partial charge in [-0.25, -0.2) is 21.6 Å². The second-order valence-electron chi connectivity index (χ2n) is 3.01. The monoisotopic (exact) mass is 298 g/mol. The highest BCUT2D eigenvalue weighted by Crippen LogP contribution is 1.95. The standard InChI is InChI=1S/C9H14O7S2/c1-3-17(11,12)7-5-15-9(10)16-6-8-18(13,14)4-2/h3-4H,1-2,5-8H2. The lowest BCUT2D eigenvalue weighted by molar-refractivity contribution is 0.0641. The summed E-state index contributed by atoms with van der Waals surface area (Å²) in [4.78, 5) is 10.9. The first-order valence-corrected chi connectivity index (χ1v) is 8.15. The maximum Gasteiger partial charge on any atom is 0.508 e. The smallest absolute Gasteiger partial charge is 0.433 e. The molecule has 0 saturated heterocycles. The lowest BCUT2D eigenvalue weighted by atomic mass is 10.8. The topological polar surface area (TPSA) is 104 Å². The number of carbonyl (C=O) groups is 1. The van der Waals surface area contributed by atoms with Crippen LogP contribution in [0.3, 0.4) is 0 Å². The Morgan fingerprint density at radius 3 is 1.50 bits per heavy atom. The Balaban J connectivity index is 3.87. The van der Waals surface area contributed by atoms with E-state index >= 15 is 0 Å². The number of rotatable bonds is 8. The van der Waals surface area contributed by atoms with Crippen LogP contribution < -0.4 is 0 Å². The Labute approximate surface area is 106 Å². The van der Waals surface area contributed by atoms with E-state index in [0.717, 1.165) is 10.8 Å². The zero-order valence-electron chi connectivity index (χ0n) is 9.57. The Morgan fingerprint density at radius 2 is 1.22 bits per heavy atom. The van der Waals surface area contributed by atoms with Crippen molar-refractivity contribution in [1.82, 2.24) is 0 Å². The number of carbonyl (C=O) groups excluding carboxylic acids is 1. The van der Waals surface area contributed by atoms with Gasteiger partial charge in [0.05, 0.1) is 11.5 Å². The molecule has 0 aromatic rings. The molecule has 0 unspecified atom stereocenters. The first kappa shape index (κ1) is 16.6. The van der Waals surface area contributed by atoms with Crippen LogP contribution >= 0.6 is 0 Å². The summed E-state index contributed by atoms with van der Waals surface area (Å²) in [5.41, 5.74) is 0. The van der Waals surface area contributed by atoms with Gasteiger partial charge in [0.25, 0.3) is 0 Å². The third-order valence-electron chi connectivity index (χ3n) is 1.68. The van der Waals surface area contributed by atoms with Crippen LogP contribution in [0.4, 0.5) is 4.79 Å². The van der Waals surface area contributed by atoms with Gasteiger partial charge >= 0.3 is 6.16 Å². The lowest BCUT2D eigenvalue weighted by Gasteiger charge is -2.05. The van der Waals surface area contributed by atoms with Crippen molar-refractivity contribution in [3.05, 3.63) is 24.0 Å². The molecule has 0 bridgehead atoms. The highest BCUT2D eigenvalue weighted by atomic mass is 32.2. The van der Waals surface area contributed by atoms with E-state index in [4.69, 9.17) is 0 Å². The molecule has 0 aliphatic carbocycles. The first-order chi connectivity index (χ1) is 8.22. The molecule has 9 heteroatoms. The molecule has 18 heavy (non-hydrogen) atoms. The SMILES string of the molecule is C=CS(=O)(=O)CCOC(=O)OCCS(=O)(=O)C=C. The van der Waals surface area contributed by atoms with Crippen LogP contribution in [0.15, 0.2) is 24.0 Å². The molecule has 0 atom stereocenters. The second kappa shape index (κ2) is 7.17. The van der Waals surface area contributed by atoms with Gasteiger partial charge < -0.3 is 9.47 Å². The van der Waals surface area contributed by atoms with E-state index in [1.54, 1.807) is 0 Å². The molecule has 7 nitrogen and oxygen atoms in total. The summed E-state index contributed by atoms with van der Waals surface area (Å²) in [7, 11) is -6.88. The molecule has 0 radical (unpaired) electrons. The summed E-state index contributed by atoms with van der Waals surface area (Å²) in [6.45, 7) is 5.39. The number of hydrogen-bond donors (Lipinski definition) is 0. The fourth-order valence-electron chi connectivity index (χ4n) is 0.691. The summed E-state index contributed by atoms with van der Waals surface area (Å²) < 4.78 is 52.5. The second-order valence-corrected chi connectivity index (χ2v) is 7.15. The highest BCUT2D eigenvalue weighted by Gasteiger charge is 2.11. The van der Waals surface area contributed by atoms with E-state index in [2.05, 4.69) is 22.6 Å². The number of ether oxygens (including phenoxy) is 2. The third kappa shape index (κ3) is 7.85. The minimum Gasteiger partial charge on any atom is -0.433 e. The fourth-order valence-corrected chi connectivity index (χ4v) is 1.66. The average molecular weight is 298 g/mol. The zero-order valence-corrected chi connectivity index (χ0v) is 11.2. The minimum atomic E-state index is -3.44. The third-order valence-corrected chi connectivity index (χ3v) is 4.17. The van der Waals surface area contributed by atoms with Crippen LogP contribution in [0.2, 0.25) is 0 Å². The summed E-state index contributed by atoms with van der Waals surface area (Å²) in [6.07, 6.45) is -1.13. The molecular weight excluding hydrogens is 284 g/mol. The lowest BCUT2D eigenvalue weighted by Crippen LogP contribution is -2.17. The van der Waals surface area contributed by atoms with Crippen molar-refractivity contribution in [1.29, 1.82) is 0 Å². The van der Waals surface area contributed by atoms with E-state index in [-0.39, 0.29) is 13.2 Å². The average Bonchev–Trinajstić information content (AvgIpc) is 2.28. The molecule has 0 saturated carbocycles. The molecule has 0 aromatic carbocycles. The van der Waals surface area contributed by atoms with E-state index in [1.165, 1.54) is 0 Å². The van der Waals surface area contributed by atoms with Crippen LogP contribution in [0.25, 0.3) is 0 Å². The van der Waals surface area contributed by atoms with E-state index in [1.807, 2.05) is 0 Å². The molecule has 0 amide bonds. The van der Waals surface area contributed by atoms with Gasteiger partial charge in [0.2, 0.25) is 0 Å². The summed E-state index contributed by atoms with van der Waals surface area (Å²) in [5, 5.41) is 1.50. The van der Waals surface area contributed by atoms with Crippen molar-refractivity contribution in [3.8, 4) is 0 Å². The molecule has 0 N–H and O–H groups in total. The molecular formula is C9H14O7S2. The molecule has 0 spiro atoms. The van der Waals surface area contributed by atoms with Crippen molar-refractivity contribution in [2.45, 2.75) is 0 Å². The molecule has 0 aromatic heterocycles. The normalized spacial score (nSPS) is 11.6. The van der Waals surface area contributed by atoms with Gasteiger partial charge in [0, 0.05) is 10.8 Å². The fraction of sp³-hybridized carbons (Fsp3) is 0.444. The Hall–Kier alpha value is -1.35. The maximum atomic E-state index is 10.9. The van der Waals surface area contributed by atoms with Gasteiger partial charge in [-0.15, -0.1) is 0 Å². The first-order valence-electron chi connectivity index (χ1n) is 4.72. The van der Waals surface area contributed by atoms with E-state index in [9.17, 15) is 21.6 Å². The molecule has 0 heterocycles. The van der Waals surface area contributed by atoms with Crippen LogP contribution in [0.1, 0.15) is 0 Å². The van der Waals surface area contributed by atoms with Crippen LogP contribution in [0.5, 0.6) is 0 Å². The van der Waals surface area contributed by atoms with Gasteiger partial charge in [-0.3, -0.25) is 0 Å². The molecule has 0 rings (SSSR count). The largest absolute Gasteiger partial charge is 0.508 e. The molecule has 0 fully saturated rings. The zero-order chi connectivity index (χ0) is 14.2. The van der Waals surface area contributed by atoms with Gasteiger partial charge in [0.1, 0.15) is 13.2 Å². The molecule has 104 valence electrons. The van der Waals surface area contributed by atoms with Gasteiger partial charge in [0.15, 0.2) is 19.7 Å². The Bertz CT molecular complexity index is 455. The van der Waals surface area contributed by atoms with Crippen molar-refractivity contribution in [2.24, 2.45) is 0 Å². The number of hydrogen-bond acceptors (Lipinski definition) is 7. The van der Waals surface area contributed by atoms with Crippen LogP contribution in [-0.2, 0) is 29.1 Å². The van der Waals surface area contributed by atoms with Crippen molar-refractivity contribution in [2.75, 3.05) is 24.7 Å². The minimum absolute atomic E-state index is 0.388. The van der Waals surface area contributed by atoms with Gasteiger partial charge in [-0.1, -0.05) is 13.2 Å². The van der Waals surface area contributed by atoms with Gasteiger partial charge in [-0.2, -0.15) is 0 Å². The summed E-state index contributed by atoms with van der Waals surface area (Å²) >= 11 is 0. The van der Waals surface area contributed by atoms with Crippen LogP contribution in [-0.4, -0.2) is 47.7 Å². The van der Waals surface area contributed by atoms with Crippen LogP contribution in [0, 0.1) is 0 Å². The Kier molecular flexibility index (Phi) is 6.63. The quantitative estimate of drug-likeness (QED) is 0.592. The van der Waals surface area contributed by atoms with Gasteiger partial charge in [-0.05, 0) is 0 Å². The number of sulfone groups is 2. The van der Waals surface area contributed by atoms with E-state index < -0.39 is 37.3 Å². The summed E-state index contributed by atoms with van der Waals surface area (Å²) in [5.74, 6) is -0.812. The predicted molar refractivity (Wildman–Crippen MR) is 65.3 cm³/mol. The maximum absolute atomic E-state index is 10.9. The Morgan fingerprint density at radius 1 is 0.889 bits per heavy atom. The highest BCUT2D eigenvalue weighted by molar-refractivity contribution is 7.94. The summed E-state index contributed by atoms with van der Waals surface area (Å²) in [6, 6.07) is 0. The predicted octanol–water partition coefficient (Wildman–Crippen LogP) is 0.256. The van der Waals surface area contributed by atoms with Crippen molar-refractivity contribution < 1.29 is 31.1 Å². The molecule has 0 aliphatic rings.